The number of rotatable bonds is 5. The van der Waals surface area contributed by atoms with Crippen molar-refractivity contribution in [3.63, 3.8) is 0 Å². The van der Waals surface area contributed by atoms with Crippen molar-refractivity contribution >= 4 is 0 Å². The average molecular weight is 443 g/mol. The van der Waals surface area contributed by atoms with Gasteiger partial charge in [0.2, 0.25) is 0 Å². The quantitative estimate of drug-likeness (QED) is 0.604. The van der Waals surface area contributed by atoms with Crippen LogP contribution in [0.2, 0.25) is 0 Å². The molecule has 0 saturated carbocycles. The van der Waals surface area contributed by atoms with Gasteiger partial charge in [-0.2, -0.15) is 0 Å². The largest absolute Gasteiger partial charge is 0.304 e. The van der Waals surface area contributed by atoms with Gasteiger partial charge in [0.15, 0.2) is 0 Å². The van der Waals surface area contributed by atoms with E-state index in [2.05, 4.69) is 91.5 Å². The van der Waals surface area contributed by atoms with E-state index in [0.717, 1.165) is 56.4 Å². The molecule has 0 radical (unpaired) electrons. The van der Waals surface area contributed by atoms with Crippen molar-refractivity contribution in [2.24, 2.45) is 5.92 Å². The zero-order chi connectivity index (χ0) is 22.2. The Labute approximate surface area is 196 Å². The first-order valence-corrected chi connectivity index (χ1v) is 12.5. The van der Waals surface area contributed by atoms with Crippen LogP contribution in [0.4, 0.5) is 0 Å². The number of hydrogen-bond acceptors (Lipinski definition) is 5. The highest BCUT2D eigenvalue weighted by Gasteiger charge is 2.35. The Bertz CT molecular complexity index is 1070. The lowest BCUT2D eigenvalue weighted by Gasteiger charge is -2.44. The molecular weight excluding hydrogens is 408 g/mol. The summed E-state index contributed by atoms with van der Waals surface area (Å²) < 4.78 is 2.13. The second kappa shape index (κ2) is 9.01. The Morgan fingerprint density at radius 1 is 0.848 bits per heavy atom. The normalized spacial score (nSPS) is 26.0. The lowest BCUT2D eigenvalue weighted by atomic mass is 9.84. The van der Waals surface area contributed by atoms with Gasteiger partial charge in [0.05, 0.1) is 12.2 Å². The van der Waals surface area contributed by atoms with Gasteiger partial charge in [0.1, 0.15) is 5.69 Å². The molecule has 4 fully saturated rings. The lowest BCUT2D eigenvalue weighted by molar-refractivity contribution is 0.0504. The van der Waals surface area contributed by atoms with Gasteiger partial charge in [0.25, 0.3) is 0 Å². The fourth-order valence-electron chi connectivity index (χ4n) is 5.73. The second-order valence-corrected chi connectivity index (χ2v) is 10.1. The topological polar surface area (TPSA) is 40.4 Å². The Hall–Kier alpha value is -2.54. The van der Waals surface area contributed by atoms with Gasteiger partial charge in [-0.1, -0.05) is 47.7 Å². The molecule has 4 aliphatic heterocycles. The number of fused-ring (bicyclic) bond motifs is 3. The van der Waals surface area contributed by atoms with Crippen LogP contribution in [0.25, 0.3) is 22.4 Å². The summed E-state index contributed by atoms with van der Waals surface area (Å²) in [5, 5.41) is 9.09. The zero-order valence-corrected chi connectivity index (χ0v) is 19.6. The van der Waals surface area contributed by atoms with Crippen LogP contribution in [0.15, 0.2) is 54.7 Å². The molecule has 172 valence electrons. The standard InChI is InChI=1S/C27H34N6/c1-30-13-15-32(16-14-30)18-21-5-7-22(8-6-21)24-3-2-4-25(17-24)26-19-33(29-28-26)27-20-31-11-9-23(27)10-12-31/h2-8,17,19,23,27H,9-16,18,20H2,1H3/t27-/m0/s1. The SMILES string of the molecule is CN1CCN(Cc2ccc(-c3cccc(-c4cn([C@H]5CN6CCC5CC6)nn4)c3)cc2)CC1. The van der Waals surface area contributed by atoms with Gasteiger partial charge in [-0.15, -0.1) is 5.10 Å². The molecule has 2 bridgehead atoms. The Morgan fingerprint density at radius 2 is 1.61 bits per heavy atom. The fraction of sp³-hybridized carbons (Fsp3) is 0.481. The van der Waals surface area contributed by atoms with E-state index in [1.165, 1.54) is 42.6 Å². The summed E-state index contributed by atoms with van der Waals surface area (Å²) in [6.07, 6.45) is 4.74. The lowest BCUT2D eigenvalue weighted by Crippen LogP contribution is -2.48. The first-order chi connectivity index (χ1) is 16.2. The predicted octanol–water partition coefficient (Wildman–Crippen LogP) is 3.63. The molecule has 2 aromatic carbocycles. The van der Waals surface area contributed by atoms with Gasteiger partial charge in [-0.25, -0.2) is 4.68 Å². The van der Waals surface area contributed by atoms with Crippen LogP contribution in [0, 0.1) is 5.92 Å². The number of piperazine rings is 1. The number of nitrogens with zero attached hydrogens (tertiary/aromatic N) is 6. The monoisotopic (exact) mass is 442 g/mol. The molecule has 3 aromatic rings. The minimum atomic E-state index is 0.477. The third kappa shape index (κ3) is 4.47. The van der Waals surface area contributed by atoms with Gasteiger partial charge in [-0.05, 0) is 61.7 Å². The molecule has 0 spiro atoms. The van der Waals surface area contributed by atoms with E-state index >= 15 is 0 Å². The minimum absolute atomic E-state index is 0.477. The van der Waals surface area contributed by atoms with Crippen LogP contribution in [0.1, 0.15) is 24.4 Å². The van der Waals surface area contributed by atoms with Crippen molar-refractivity contribution < 1.29 is 0 Å². The summed E-state index contributed by atoms with van der Waals surface area (Å²) in [6.45, 7) is 9.29. The maximum absolute atomic E-state index is 4.55. The van der Waals surface area contributed by atoms with Crippen molar-refractivity contribution in [2.75, 3.05) is 52.9 Å². The van der Waals surface area contributed by atoms with E-state index in [1.807, 2.05) is 0 Å². The van der Waals surface area contributed by atoms with E-state index in [1.54, 1.807) is 0 Å². The Kier molecular flexibility index (Phi) is 5.74. The Balaban J connectivity index is 1.16. The molecule has 5 heterocycles. The molecular formula is C27H34N6. The summed E-state index contributed by atoms with van der Waals surface area (Å²) in [5.41, 5.74) is 5.99. The number of benzene rings is 2. The van der Waals surface area contributed by atoms with E-state index in [0.29, 0.717) is 6.04 Å². The third-order valence-electron chi connectivity index (χ3n) is 7.92. The van der Waals surface area contributed by atoms with Crippen LogP contribution in [0.5, 0.6) is 0 Å². The van der Waals surface area contributed by atoms with Crippen LogP contribution in [0.3, 0.4) is 0 Å². The molecule has 6 heteroatoms. The highest BCUT2D eigenvalue weighted by molar-refractivity contribution is 5.71. The minimum Gasteiger partial charge on any atom is -0.304 e. The number of hydrogen-bond donors (Lipinski definition) is 0. The molecule has 33 heavy (non-hydrogen) atoms. The van der Waals surface area contributed by atoms with Crippen molar-refractivity contribution in [1.82, 2.24) is 29.7 Å². The van der Waals surface area contributed by atoms with Crippen LogP contribution in [-0.2, 0) is 6.54 Å². The van der Waals surface area contributed by atoms with E-state index in [9.17, 15) is 0 Å². The zero-order valence-electron chi connectivity index (χ0n) is 19.6. The van der Waals surface area contributed by atoms with Gasteiger partial charge in [-0.3, -0.25) is 4.90 Å². The number of aromatic nitrogens is 3. The summed E-state index contributed by atoms with van der Waals surface area (Å²) in [5.74, 6) is 0.750. The van der Waals surface area contributed by atoms with Gasteiger partial charge < -0.3 is 9.80 Å². The highest BCUT2D eigenvalue weighted by atomic mass is 15.4. The maximum atomic E-state index is 4.55. The van der Waals surface area contributed by atoms with Crippen LogP contribution in [-0.4, -0.2) is 82.6 Å². The maximum Gasteiger partial charge on any atom is 0.113 e. The molecule has 7 rings (SSSR count). The molecule has 1 atom stereocenters. The summed E-state index contributed by atoms with van der Waals surface area (Å²) in [4.78, 5) is 7.52. The van der Waals surface area contributed by atoms with Crippen LogP contribution >= 0.6 is 0 Å². The predicted molar refractivity (Wildman–Crippen MR) is 132 cm³/mol. The first-order valence-electron chi connectivity index (χ1n) is 12.5. The Morgan fingerprint density at radius 3 is 2.33 bits per heavy atom. The fourth-order valence-corrected chi connectivity index (χ4v) is 5.73. The average Bonchev–Trinajstić information content (AvgIpc) is 3.37. The van der Waals surface area contributed by atoms with Gasteiger partial charge in [0, 0.05) is 44.8 Å². The van der Waals surface area contributed by atoms with Crippen molar-refractivity contribution in [3.05, 3.63) is 60.3 Å². The van der Waals surface area contributed by atoms with Crippen LogP contribution < -0.4 is 0 Å². The summed E-state index contributed by atoms with van der Waals surface area (Å²) in [6, 6.07) is 18.3. The first kappa shape index (κ1) is 21.0. The van der Waals surface area contributed by atoms with E-state index in [-0.39, 0.29) is 0 Å². The molecule has 0 aliphatic carbocycles. The van der Waals surface area contributed by atoms with Crippen molar-refractivity contribution in [3.8, 4) is 22.4 Å². The molecule has 4 aliphatic rings. The van der Waals surface area contributed by atoms with Crippen molar-refractivity contribution in [1.29, 1.82) is 0 Å². The molecule has 4 saturated heterocycles. The van der Waals surface area contributed by atoms with E-state index < -0.39 is 0 Å². The smallest absolute Gasteiger partial charge is 0.113 e. The summed E-state index contributed by atoms with van der Waals surface area (Å²) >= 11 is 0. The molecule has 0 unspecified atom stereocenters. The molecule has 6 nitrogen and oxygen atoms in total. The number of likely N-dealkylation sites (N-methyl/N-ethyl adjacent to an activating group) is 1. The second-order valence-electron chi connectivity index (χ2n) is 10.1. The summed E-state index contributed by atoms with van der Waals surface area (Å²) in [7, 11) is 2.21. The molecule has 0 N–H and O–H groups in total. The highest BCUT2D eigenvalue weighted by Crippen LogP contribution is 2.35. The third-order valence-corrected chi connectivity index (χ3v) is 7.92. The van der Waals surface area contributed by atoms with Gasteiger partial charge >= 0.3 is 0 Å². The van der Waals surface area contributed by atoms with E-state index in [4.69, 9.17) is 0 Å². The van der Waals surface area contributed by atoms with Crippen molar-refractivity contribution in [2.45, 2.75) is 25.4 Å². The molecule has 0 amide bonds. The number of piperidine rings is 3. The molecule has 1 aromatic heterocycles.